The number of carbonyl (C=O) groups excluding carboxylic acids is 1. The molecule has 21 heavy (non-hydrogen) atoms. The number of amides is 1. The summed E-state index contributed by atoms with van der Waals surface area (Å²) in [5, 5.41) is 4.76. The van der Waals surface area contributed by atoms with Gasteiger partial charge in [-0.05, 0) is 23.8 Å². The molecule has 0 fully saturated rings. The Morgan fingerprint density at radius 1 is 1.57 bits per heavy atom. The summed E-state index contributed by atoms with van der Waals surface area (Å²) in [6.07, 6.45) is 3.74. The van der Waals surface area contributed by atoms with Gasteiger partial charge in [0.25, 0.3) is 5.91 Å². The molecule has 1 atom stereocenters. The number of benzene rings is 1. The van der Waals surface area contributed by atoms with Crippen molar-refractivity contribution in [3.05, 3.63) is 46.7 Å². The van der Waals surface area contributed by atoms with Crippen molar-refractivity contribution >= 4 is 17.5 Å². The number of ether oxygens (including phenoxy) is 1. The highest BCUT2D eigenvalue weighted by Gasteiger charge is 2.31. The van der Waals surface area contributed by atoms with E-state index in [4.69, 9.17) is 16.3 Å². The zero-order chi connectivity index (χ0) is 15.0. The fourth-order valence-electron chi connectivity index (χ4n) is 2.51. The molecule has 6 heteroatoms. The van der Waals surface area contributed by atoms with Crippen LogP contribution in [-0.2, 0) is 24.8 Å². The first-order valence-corrected chi connectivity index (χ1v) is 7.08. The lowest BCUT2D eigenvalue weighted by Crippen LogP contribution is -2.38. The van der Waals surface area contributed by atoms with Gasteiger partial charge in [0.2, 0.25) is 0 Å². The van der Waals surface area contributed by atoms with Crippen LogP contribution < -0.4 is 4.74 Å². The Labute approximate surface area is 128 Å². The number of hydrogen-bond donors (Lipinski definition) is 0. The maximum absolute atomic E-state index is 12.5. The normalized spacial score (nSPS) is 16.4. The average Bonchev–Trinajstić information content (AvgIpc) is 3.03. The fourth-order valence-corrected chi connectivity index (χ4v) is 2.70. The van der Waals surface area contributed by atoms with Gasteiger partial charge in [0, 0.05) is 43.8 Å². The van der Waals surface area contributed by atoms with Crippen LogP contribution >= 0.6 is 11.6 Å². The molecule has 1 amide bonds. The van der Waals surface area contributed by atoms with Gasteiger partial charge in [-0.15, -0.1) is 0 Å². The van der Waals surface area contributed by atoms with E-state index in [0.29, 0.717) is 18.0 Å². The van der Waals surface area contributed by atoms with Crippen molar-refractivity contribution in [1.29, 1.82) is 0 Å². The lowest BCUT2D eigenvalue weighted by Gasteiger charge is -2.20. The average molecular weight is 306 g/mol. The summed E-state index contributed by atoms with van der Waals surface area (Å²) >= 11 is 5.96. The molecule has 0 bridgehead atoms. The number of hydrogen-bond acceptors (Lipinski definition) is 3. The van der Waals surface area contributed by atoms with Gasteiger partial charge in [0.05, 0.1) is 6.20 Å². The molecule has 0 radical (unpaired) electrons. The molecule has 0 spiro atoms. The summed E-state index contributed by atoms with van der Waals surface area (Å²) in [5.74, 6) is 0.707. The molecule has 5 nitrogen and oxygen atoms in total. The number of fused-ring (bicyclic) bond motifs is 1. The van der Waals surface area contributed by atoms with E-state index in [1.807, 2.05) is 25.4 Å². The monoisotopic (exact) mass is 305 g/mol. The van der Waals surface area contributed by atoms with Crippen LogP contribution in [0.3, 0.4) is 0 Å². The summed E-state index contributed by atoms with van der Waals surface area (Å²) in [7, 11) is 3.63. The van der Waals surface area contributed by atoms with Crippen molar-refractivity contribution in [2.24, 2.45) is 7.05 Å². The summed E-state index contributed by atoms with van der Waals surface area (Å²) in [5.41, 5.74) is 1.97. The minimum atomic E-state index is -0.472. The first-order chi connectivity index (χ1) is 10.0. The Hall–Kier alpha value is -2.01. The topological polar surface area (TPSA) is 47.4 Å². The van der Waals surface area contributed by atoms with E-state index in [-0.39, 0.29) is 5.91 Å². The molecule has 1 aliphatic rings. The van der Waals surface area contributed by atoms with Crippen molar-refractivity contribution in [3.8, 4) is 5.75 Å². The first-order valence-electron chi connectivity index (χ1n) is 6.70. The molecule has 0 saturated heterocycles. The van der Waals surface area contributed by atoms with Gasteiger partial charge in [-0.25, -0.2) is 0 Å². The second-order valence-electron chi connectivity index (χ2n) is 5.28. The zero-order valence-electron chi connectivity index (χ0n) is 11.9. The number of nitrogens with zero attached hydrogens (tertiary/aromatic N) is 3. The largest absolute Gasteiger partial charge is 0.480 e. The Kier molecular flexibility index (Phi) is 3.59. The number of rotatable bonds is 3. The molecule has 2 aromatic rings. The Morgan fingerprint density at radius 3 is 3.10 bits per heavy atom. The molecular formula is C15H16ClN3O2. The third kappa shape index (κ3) is 2.88. The molecule has 0 aliphatic carbocycles. The van der Waals surface area contributed by atoms with Gasteiger partial charge in [0.15, 0.2) is 6.10 Å². The SMILES string of the molecule is CN(Cc1cnn(C)c1)C(=O)C1Cc2cc(Cl)ccc2O1. The lowest BCUT2D eigenvalue weighted by molar-refractivity contribution is -0.137. The van der Waals surface area contributed by atoms with Crippen molar-refractivity contribution in [2.45, 2.75) is 19.1 Å². The molecule has 1 aromatic carbocycles. The van der Waals surface area contributed by atoms with Gasteiger partial charge < -0.3 is 9.64 Å². The molecule has 110 valence electrons. The molecule has 3 rings (SSSR count). The second kappa shape index (κ2) is 5.41. The van der Waals surface area contributed by atoms with Crippen LogP contribution in [-0.4, -0.2) is 33.7 Å². The van der Waals surface area contributed by atoms with Crippen LogP contribution in [0.1, 0.15) is 11.1 Å². The van der Waals surface area contributed by atoms with Gasteiger partial charge in [-0.3, -0.25) is 9.48 Å². The molecule has 0 saturated carbocycles. The van der Waals surface area contributed by atoms with E-state index in [1.165, 1.54) is 0 Å². The van der Waals surface area contributed by atoms with Gasteiger partial charge in [-0.1, -0.05) is 11.6 Å². The summed E-state index contributed by atoms with van der Waals surface area (Å²) in [6, 6.07) is 5.43. The maximum atomic E-state index is 12.5. The highest BCUT2D eigenvalue weighted by atomic mass is 35.5. The Bertz CT molecular complexity index is 683. The van der Waals surface area contributed by atoms with Crippen molar-refractivity contribution in [1.82, 2.24) is 14.7 Å². The summed E-state index contributed by atoms with van der Waals surface area (Å²) in [4.78, 5) is 14.1. The predicted molar refractivity (Wildman–Crippen MR) is 79.3 cm³/mol. The fraction of sp³-hybridized carbons (Fsp3) is 0.333. The number of halogens is 1. The highest BCUT2D eigenvalue weighted by molar-refractivity contribution is 6.30. The standard InChI is InChI=1S/C15H16ClN3O2/c1-18(8-10-7-17-19(2)9-10)15(20)14-6-11-5-12(16)3-4-13(11)21-14/h3-5,7,9,14H,6,8H2,1-2H3. The Balaban J connectivity index is 1.66. The van der Waals surface area contributed by atoms with Crippen LogP contribution in [0.15, 0.2) is 30.6 Å². The number of aromatic nitrogens is 2. The lowest BCUT2D eigenvalue weighted by atomic mass is 10.1. The van der Waals surface area contributed by atoms with Crippen molar-refractivity contribution in [2.75, 3.05) is 7.05 Å². The summed E-state index contributed by atoms with van der Waals surface area (Å²) in [6.45, 7) is 0.517. The second-order valence-corrected chi connectivity index (χ2v) is 5.72. The minimum Gasteiger partial charge on any atom is -0.480 e. The molecular weight excluding hydrogens is 290 g/mol. The summed E-state index contributed by atoms with van der Waals surface area (Å²) < 4.78 is 7.44. The Morgan fingerprint density at radius 2 is 2.38 bits per heavy atom. The van der Waals surface area contributed by atoms with Crippen molar-refractivity contribution in [3.63, 3.8) is 0 Å². The van der Waals surface area contributed by atoms with Gasteiger partial charge >= 0.3 is 0 Å². The number of carbonyl (C=O) groups is 1. The smallest absolute Gasteiger partial charge is 0.264 e. The van der Waals surface area contributed by atoms with Crippen LogP contribution in [0.4, 0.5) is 0 Å². The molecule has 1 unspecified atom stereocenters. The van der Waals surface area contributed by atoms with Crippen molar-refractivity contribution < 1.29 is 9.53 Å². The van der Waals surface area contributed by atoms with E-state index < -0.39 is 6.10 Å². The van der Waals surface area contributed by atoms with E-state index in [2.05, 4.69) is 5.10 Å². The highest BCUT2D eigenvalue weighted by Crippen LogP contribution is 2.31. The van der Waals surface area contributed by atoms with Crippen LogP contribution in [0.5, 0.6) is 5.75 Å². The molecule has 1 aromatic heterocycles. The van der Waals surface area contributed by atoms with E-state index in [1.54, 1.807) is 28.9 Å². The van der Waals surface area contributed by atoms with E-state index in [9.17, 15) is 4.79 Å². The zero-order valence-corrected chi connectivity index (χ0v) is 12.7. The predicted octanol–water partition coefficient (Wildman–Crippen LogP) is 2.04. The number of aryl methyl sites for hydroxylation is 1. The van der Waals surface area contributed by atoms with Gasteiger partial charge in [0.1, 0.15) is 5.75 Å². The maximum Gasteiger partial charge on any atom is 0.264 e. The molecule has 0 N–H and O–H groups in total. The molecule has 1 aliphatic heterocycles. The minimum absolute atomic E-state index is 0.0359. The molecule has 2 heterocycles. The number of likely N-dealkylation sites (N-methyl/N-ethyl adjacent to an activating group) is 1. The van der Waals surface area contributed by atoms with Gasteiger partial charge in [-0.2, -0.15) is 5.10 Å². The third-order valence-corrected chi connectivity index (χ3v) is 3.76. The van der Waals surface area contributed by atoms with E-state index >= 15 is 0 Å². The van der Waals surface area contributed by atoms with E-state index in [0.717, 1.165) is 16.9 Å². The van der Waals surface area contributed by atoms with Crippen LogP contribution in [0.2, 0.25) is 5.02 Å². The quantitative estimate of drug-likeness (QED) is 0.872. The third-order valence-electron chi connectivity index (χ3n) is 3.53. The first kappa shape index (κ1) is 13.9. The van der Waals surface area contributed by atoms with Crippen LogP contribution in [0.25, 0.3) is 0 Å². The van der Waals surface area contributed by atoms with Crippen LogP contribution in [0, 0.1) is 0 Å².